The lowest BCUT2D eigenvalue weighted by Crippen LogP contribution is -2.21. The normalized spacial score (nSPS) is 10.2. The van der Waals surface area contributed by atoms with Crippen LogP contribution in [-0.4, -0.2) is 23.6 Å². The monoisotopic (exact) mass is 417 g/mol. The van der Waals surface area contributed by atoms with Crippen molar-refractivity contribution in [2.24, 2.45) is 0 Å². The summed E-state index contributed by atoms with van der Waals surface area (Å²) in [4.78, 5) is 23.1. The van der Waals surface area contributed by atoms with E-state index in [9.17, 15) is 9.59 Å². The van der Waals surface area contributed by atoms with Crippen LogP contribution in [0.5, 0.6) is 5.75 Å². The van der Waals surface area contributed by atoms with Crippen LogP contribution in [0.2, 0.25) is 10.0 Å². The first kappa shape index (κ1) is 17.6. The summed E-state index contributed by atoms with van der Waals surface area (Å²) in [5, 5.41) is 12.4. The van der Waals surface area contributed by atoms with Gasteiger partial charge in [0.25, 0.3) is 5.91 Å². The molecule has 0 bridgehead atoms. The molecule has 0 saturated heterocycles. The zero-order chi connectivity index (χ0) is 17.0. The van der Waals surface area contributed by atoms with Crippen LogP contribution in [0.4, 0.5) is 5.69 Å². The number of carboxylic acids is 1. The average molecular weight is 419 g/mol. The number of carbonyl (C=O) groups excluding carboxylic acids is 1. The molecular formula is C15H10BrCl2NO4. The van der Waals surface area contributed by atoms with E-state index in [4.69, 9.17) is 33.0 Å². The number of hydrogen-bond donors (Lipinski definition) is 2. The van der Waals surface area contributed by atoms with Gasteiger partial charge in [0.15, 0.2) is 6.61 Å². The summed E-state index contributed by atoms with van der Waals surface area (Å²) < 4.78 is 5.89. The Kier molecular flexibility index (Phi) is 5.87. The Bertz CT molecular complexity index is 767. The van der Waals surface area contributed by atoms with Crippen LogP contribution in [0.15, 0.2) is 40.9 Å². The number of halogens is 3. The fourth-order valence-corrected chi connectivity index (χ4v) is 2.55. The SMILES string of the molecule is O=C(COc1ccc(Cl)cc1Cl)Nc1ccc(Br)cc1C(=O)O. The maximum Gasteiger partial charge on any atom is 0.337 e. The molecular weight excluding hydrogens is 409 g/mol. The lowest BCUT2D eigenvalue weighted by atomic mass is 10.2. The van der Waals surface area contributed by atoms with E-state index in [0.717, 1.165) is 0 Å². The zero-order valence-electron chi connectivity index (χ0n) is 11.5. The largest absolute Gasteiger partial charge is 0.482 e. The lowest BCUT2D eigenvalue weighted by Gasteiger charge is -2.11. The van der Waals surface area contributed by atoms with E-state index in [1.54, 1.807) is 18.2 Å². The van der Waals surface area contributed by atoms with Crippen molar-refractivity contribution in [3.63, 3.8) is 0 Å². The van der Waals surface area contributed by atoms with Crippen molar-refractivity contribution < 1.29 is 19.4 Å². The van der Waals surface area contributed by atoms with E-state index in [0.29, 0.717) is 15.2 Å². The third-order valence-electron chi connectivity index (χ3n) is 2.74. The number of benzene rings is 2. The lowest BCUT2D eigenvalue weighted by molar-refractivity contribution is -0.118. The Labute approximate surface area is 150 Å². The Balaban J connectivity index is 2.04. The molecule has 2 aromatic carbocycles. The van der Waals surface area contributed by atoms with Crippen molar-refractivity contribution in [2.75, 3.05) is 11.9 Å². The van der Waals surface area contributed by atoms with Crippen LogP contribution >= 0.6 is 39.1 Å². The molecule has 23 heavy (non-hydrogen) atoms. The molecule has 120 valence electrons. The second-order valence-electron chi connectivity index (χ2n) is 4.41. The average Bonchev–Trinajstić information content (AvgIpc) is 2.48. The quantitative estimate of drug-likeness (QED) is 0.750. The molecule has 0 heterocycles. The first-order valence-electron chi connectivity index (χ1n) is 6.27. The Morgan fingerprint density at radius 2 is 1.91 bits per heavy atom. The van der Waals surface area contributed by atoms with Crippen molar-refractivity contribution in [1.29, 1.82) is 0 Å². The molecule has 2 N–H and O–H groups in total. The second kappa shape index (κ2) is 7.68. The fraction of sp³-hybridized carbons (Fsp3) is 0.0667. The number of hydrogen-bond acceptors (Lipinski definition) is 3. The number of ether oxygens (including phenoxy) is 1. The molecule has 0 aromatic heterocycles. The standard InChI is InChI=1S/C15H10BrCl2NO4/c16-8-1-3-12(10(5-8)15(21)22)19-14(20)7-23-13-4-2-9(17)6-11(13)18/h1-6H,7H2,(H,19,20)(H,21,22). The number of amides is 1. The van der Waals surface area contributed by atoms with Gasteiger partial charge in [-0.3, -0.25) is 4.79 Å². The van der Waals surface area contributed by atoms with Crippen molar-refractivity contribution in [2.45, 2.75) is 0 Å². The summed E-state index contributed by atoms with van der Waals surface area (Å²) in [6, 6.07) is 9.13. The number of carbonyl (C=O) groups is 2. The van der Waals surface area contributed by atoms with Gasteiger partial charge in [0.2, 0.25) is 0 Å². The molecule has 0 saturated carbocycles. The maximum atomic E-state index is 11.9. The highest BCUT2D eigenvalue weighted by Crippen LogP contribution is 2.27. The number of anilines is 1. The summed E-state index contributed by atoms with van der Waals surface area (Å²) in [5.74, 6) is -1.36. The van der Waals surface area contributed by atoms with Crippen molar-refractivity contribution in [3.05, 3.63) is 56.5 Å². The first-order valence-corrected chi connectivity index (χ1v) is 7.82. The molecule has 0 atom stereocenters. The van der Waals surface area contributed by atoms with Gasteiger partial charge in [0.1, 0.15) is 5.75 Å². The molecule has 0 aliphatic carbocycles. The number of rotatable bonds is 5. The molecule has 0 radical (unpaired) electrons. The number of nitrogens with one attached hydrogen (secondary N) is 1. The predicted octanol–water partition coefficient (Wildman–Crippen LogP) is 4.47. The van der Waals surface area contributed by atoms with Gasteiger partial charge in [-0.15, -0.1) is 0 Å². The van der Waals surface area contributed by atoms with Crippen LogP contribution in [0, 0.1) is 0 Å². The van der Waals surface area contributed by atoms with Crippen LogP contribution in [0.25, 0.3) is 0 Å². The van der Waals surface area contributed by atoms with Gasteiger partial charge in [0, 0.05) is 9.50 Å². The minimum absolute atomic E-state index is 0.0303. The molecule has 0 aliphatic rings. The third-order valence-corrected chi connectivity index (χ3v) is 3.76. The van der Waals surface area contributed by atoms with Gasteiger partial charge < -0.3 is 15.2 Å². The highest BCUT2D eigenvalue weighted by atomic mass is 79.9. The third kappa shape index (κ3) is 4.86. The number of carboxylic acid groups (broad SMARTS) is 1. The van der Waals surface area contributed by atoms with Crippen molar-refractivity contribution in [1.82, 2.24) is 0 Å². The van der Waals surface area contributed by atoms with Gasteiger partial charge in [-0.25, -0.2) is 4.79 Å². The van der Waals surface area contributed by atoms with Gasteiger partial charge in [-0.1, -0.05) is 39.1 Å². The van der Waals surface area contributed by atoms with Gasteiger partial charge in [0.05, 0.1) is 16.3 Å². The highest BCUT2D eigenvalue weighted by molar-refractivity contribution is 9.10. The van der Waals surface area contributed by atoms with Gasteiger partial charge in [-0.05, 0) is 36.4 Å². The van der Waals surface area contributed by atoms with Gasteiger partial charge in [-0.2, -0.15) is 0 Å². The van der Waals surface area contributed by atoms with E-state index in [1.165, 1.54) is 18.2 Å². The molecule has 0 unspecified atom stereocenters. The van der Waals surface area contributed by atoms with Crippen LogP contribution in [-0.2, 0) is 4.79 Å². The Morgan fingerprint density at radius 3 is 2.57 bits per heavy atom. The molecule has 2 aromatic rings. The predicted molar refractivity (Wildman–Crippen MR) is 91.7 cm³/mol. The summed E-state index contributed by atoms with van der Waals surface area (Å²) in [7, 11) is 0. The minimum atomic E-state index is -1.15. The van der Waals surface area contributed by atoms with Crippen molar-refractivity contribution in [3.8, 4) is 5.75 Å². The maximum absolute atomic E-state index is 11.9. The topological polar surface area (TPSA) is 75.6 Å². The summed E-state index contributed by atoms with van der Waals surface area (Å²) in [5.41, 5.74) is 0.147. The molecule has 5 nitrogen and oxygen atoms in total. The molecule has 0 spiro atoms. The summed E-state index contributed by atoms with van der Waals surface area (Å²) in [6.45, 7) is -0.323. The van der Waals surface area contributed by atoms with E-state index in [1.807, 2.05) is 0 Å². The van der Waals surface area contributed by atoms with E-state index >= 15 is 0 Å². The Morgan fingerprint density at radius 1 is 1.17 bits per heavy atom. The molecule has 1 amide bonds. The highest BCUT2D eigenvalue weighted by Gasteiger charge is 2.14. The Hall–Kier alpha value is -1.76. The second-order valence-corrected chi connectivity index (χ2v) is 6.17. The van der Waals surface area contributed by atoms with Crippen LogP contribution in [0.3, 0.4) is 0 Å². The summed E-state index contributed by atoms with van der Waals surface area (Å²) >= 11 is 14.9. The molecule has 0 fully saturated rings. The van der Waals surface area contributed by atoms with E-state index < -0.39 is 11.9 Å². The van der Waals surface area contributed by atoms with Crippen molar-refractivity contribution >= 4 is 56.7 Å². The number of aromatic carboxylic acids is 1. The van der Waals surface area contributed by atoms with Crippen LogP contribution in [0.1, 0.15) is 10.4 Å². The van der Waals surface area contributed by atoms with Crippen LogP contribution < -0.4 is 10.1 Å². The zero-order valence-corrected chi connectivity index (χ0v) is 14.6. The minimum Gasteiger partial charge on any atom is -0.482 e. The van der Waals surface area contributed by atoms with E-state index in [-0.39, 0.29) is 22.9 Å². The van der Waals surface area contributed by atoms with E-state index in [2.05, 4.69) is 21.2 Å². The van der Waals surface area contributed by atoms with Gasteiger partial charge >= 0.3 is 5.97 Å². The first-order chi connectivity index (χ1) is 10.9. The summed E-state index contributed by atoms with van der Waals surface area (Å²) in [6.07, 6.45) is 0. The molecule has 8 heteroatoms. The molecule has 0 aliphatic heterocycles. The smallest absolute Gasteiger partial charge is 0.337 e. The molecule has 2 rings (SSSR count). The fourth-order valence-electron chi connectivity index (χ4n) is 1.72.